The Morgan fingerprint density at radius 1 is 0.968 bits per heavy atom. The van der Waals surface area contributed by atoms with Crippen LogP contribution in [0.25, 0.3) is 11.1 Å². The van der Waals surface area contributed by atoms with E-state index in [9.17, 15) is 13.2 Å². The summed E-state index contributed by atoms with van der Waals surface area (Å²) in [6, 6.07) is 24.5. The molecule has 0 bridgehead atoms. The number of nitrogens with zero attached hydrogens (tertiary/aromatic N) is 1. The Balaban J connectivity index is 2.04. The van der Waals surface area contributed by atoms with Crippen LogP contribution in [0.15, 0.2) is 91.5 Å². The molecule has 1 amide bonds. The first kappa shape index (κ1) is 22.3. The highest BCUT2D eigenvalue weighted by Crippen LogP contribution is 2.33. The number of methoxy groups -OCH3 is 1. The van der Waals surface area contributed by atoms with Gasteiger partial charge in [-0.25, -0.2) is 8.42 Å². The van der Waals surface area contributed by atoms with E-state index in [1.165, 1.54) is 11.0 Å². The van der Waals surface area contributed by atoms with E-state index in [2.05, 4.69) is 6.58 Å². The summed E-state index contributed by atoms with van der Waals surface area (Å²) in [5.41, 5.74) is 3.28. The van der Waals surface area contributed by atoms with Gasteiger partial charge in [0.1, 0.15) is 11.5 Å². The second kappa shape index (κ2) is 10.1. The third-order valence-corrected chi connectivity index (χ3v) is 6.23. The maximum absolute atomic E-state index is 13.2. The SMILES string of the molecule is C=CCS(=O)(=O)CC(=O)N(Cc1ccccc1)c1ccccc1-c1ccc(OC)cc1. The fraction of sp³-hybridized carbons (Fsp3) is 0.160. The van der Waals surface area contributed by atoms with E-state index in [0.29, 0.717) is 5.69 Å². The van der Waals surface area contributed by atoms with Gasteiger partial charge in [-0.2, -0.15) is 0 Å². The van der Waals surface area contributed by atoms with Crippen molar-refractivity contribution in [3.63, 3.8) is 0 Å². The van der Waals surface area contributed by atoms with Crippen LogP contribution in [0.5, 0.6) is 5.75 Å². The van der Waals surface area contributed by atoms with E-state index in [4.69, 9.17) is 4.74 Å². The molecule has 0 aliphatic carbocycles. The van der Waals surface area contributed by atoms with Crippen LogP contribution in [0, 0.1) is 0 Å². The van der Waals surface area contributed by atoms with Crippen molar-refractivity contribution in [2.75, 3.05) is 23.5 Å². The summed E-state index contributed by atoms with van der Waals surface area (Å²) in [5.74, 6) is -0.568. The highest BCUT2D eigenvalue weighted by molar-refractivity contribution is 7.92. The topological polar surface area (TPSA) is 63.7 Å². The molecule has 0 saturated carbocycles. The molecule has 3 aromatic rings. The molecule has 6 heteroatoms. The highest BCUT2D eigenvalue weighted by atomic mass is 32.2. The average Bonchev–Trinajstić information content (AvgIpc) is 2.78. The second-order valence-corrected chi connectivity index (χ2v) is 9.16. The average molecular weight is 436 g/mol. The zero-order valence-electron chi connectivity index (χ0n) is 17.4. The number of amides is 1. The van der Waals surface area contributed by atoms with Gasteiger partial charge in [0.2, 0.25) is 5.91 Å². The number of hydrogen-bond acceptors (Lipinski definition) is 4. The molecule has 3 aromatic carbocycles. The lowest BCUT2D eigenvalue weighted by molar-refractivity contribution is -0.116. The summed E-state index contributed by atoms with van der Waals surface area (Å²) in [4.78, 5) is 14.8. The van der Waals surface area contributed by atoms with E-state index in [0.717, 1.165) is 22.4 Å². The number of hydrogen-bond donors (Lipinski definition) is 0. The molecule has 5 nitrogen and oxygen atoms in total. The van der Waals surface area contributed by atoms with Gasteiger partial charge in [-0.1, -0.05) is 66.7 Å². The van der Waals surface area contributed by atoms with Crippen molar-refractivity contribution in [3.05, 3.63) is 97.1 Å². The first-order valence-corrected chi connectivity index (χ1v) is 11.6. The van der Waals surface area contributed by atoms with Gasteiger partial charge in [0.05, 0.1) is 25.1 Å². The summed E-state index contributed by atoms with van der Waals surface area (Å²) < 4.78 is 29.9. The van der Waals surface area contributed by atoms with Crippen LogP contribution in [-0.4, -0.2) is 32.9 Å². The molecule has 0 saturated heterocycles. The lowest BCUT2D eigenvalue weighted by Crippen LogP contribution is -2.36. The number of rotatable bonds is 9. The van der Waals surface area contributed by atoms with Crippen LogP contribution in [-0.2, 0) is 21.2 Å². The molecule has 0 aromatic heterocycles. The Morgan fingerprint density at radius 2 is 1.61 bits per heavy atom. The van der Waals surface area contributed by atoms with Crippen molar-refractivity contribution in [1.82, 2.24) is 0 Å². The quantitative estimate of drug-likeness (QED) is 0.465. The summed E-state index contributed by atoms with van der Waals surface area (Å²) in [7, 11) is -1.98. The molecule has 0 atom stereocenters. The monoisotopic (exact) mass is 435 g/mol. The predicted molar refractivity (Wildman–Crippen MR) is 125 cm³/mol. The number of ether oxygens (including phenoxy) is 1. The van der Waals surface area contributed by atoms with Gasteiger partial charge in [-0.05, 0) is 29.3 Å². The molecular weight excluding hydrogens is 410 g/mol. The fourth-order valence-electron chi connectivity index (χ4n) is 3.30. The van der Waals surface area contributed by atoms with Gasteiger partial charge >= 0.3 is 0 Å². The Kier molecular flexibility index (Phi) is 7.26. The molecule has 0 fully saturated rings. The minimum Gasteiger partial charge on any atom is -0.497 e. The number of carbonyl (C=O) groups excluding carboxylic acids is 1. The Hall–Kier alpha value is -3.38. The summed E-state index contributed by atoms with van der Waals surface area (Å²) in [6.07, 6.45) is 1.30. The van der Waals surface area contributed by atoms with Crippen LogP contribution in [0.4, 0.5) is 5.69 Å². The van der Waals surface area contributed by atoms with Gasteiger partial charge < -0.3 is 9.64 Å². The molecule has 0 aliphatic rings. The van der Waals surface area contributed by atoms with Crippen LogP contribution in [0.2, 0.25) is 0 Å². The van der Waals surface area contributed by atoms with Crippen molar-refractivity contribution in [1.29, 1.82) is 0 Å². The van der Waals surface area contributed by atoms with Gasteiger partial charge in [-0.3, -0.25) is 4.79 Å². The largest absolute Gasteiger partial charge is 0.497 e. The van der Waals surface area contributed by atoms with Crippen molar-refractivity contribution in [2.45, 2.75) is 6.54 Å². The zero-order valence-corrected chi connectivity index (χ0v) is 18.2. The van der Waals surface area contributed by atoms with Crippen molar-refractivity contribution in [2.24, 2.45) is 0 Å². The Morgan fingerprint density at radius 3 is 2.26 bits per heavy atom. The fourth-order valence-corrected chi connectivity index (χ4v) is 4.31. The molecule has 0 aliphatic heterocycles. The van der Waals surface area contributed by atoms with Crippen LogP contribution in [0.3, 0.4) is 0 Å². The minimum absolute atomic E-state index is 0.238. The van der Waals surface area contributed by atoms with Crippen molar-refractivity contribution in [3.8, 4) is 16.9 Å². The second-order valence-electron chi connectivity index (χ2n) is 7.05. The summed E-state index contributed by atoms with van der Waals surface area (Å²) >= 11 is 0. The van der Waals surface area contributed by atoms with Crippen molar-refractivity contribution >= 4 is 21.4 Å². The summed E-state index contributed by atoms with van der Waals surface area (Å²) in [6.45, 7) is 3.74. The van der Waals surface area contributed by atoms with Crippen molar-refractivity contribution < 1.29 is 17.9 Å². The first-order chi connectivity index (χ1) is 14.9. The molecule has 0 unspecified atom stereocenters. The standard InChI is InChI=1S/C25H25NO4S/c1-3-17-31(28,29)19-25(27)26(18-20-9-5-4-6-10-20)24-12-8-7-11-23(24)21-13-15-22(30-2)16-14-21/h3-16H,1,17-19H2,2H3. The van der Waals surface area contributed by atoms with E-state index < -0.39 is 21.5 Å². The highest BCUT2D eigenvalue weighted by Gasteiger charge is 2.24. The minimum atomic E-state index is -3.59. The number of sulfone groups is 1. The Bertz CT molecular complexity index is 1140. The third-order valence-electron chi connectivity index (χ3n) is 4.80. The van der Waals surface area contributed by atoms with Gasteiger partial charge in [0.25, 0.3) is 0 Å². The molecule has 0 radical (unpaired) electrons. The van der Waals surface area contributed by atoms with Crippen LogP contribution < -0.4 is 9.64 Å². The molecular formula is C25H25NO4S. The zero-order chi connectivity index (χ0) is 22.3. The van der Waals surface area contributed by atoms with Crippen LogP contribution in [0.1, 0.15) is 5.56 Å². The van der Waals surface area contributed by atoms with E-state index >= 15 is 0 Å². The first-order valence-electron chi connectivity index (χ1n) is 9.82. The maximum Gasteiger partial charge on any atom is 0.242 e. The Labute approximate surface area is 183 Å². The van der Waals surface area contributed by atoms with Gasteiger partial charge in [0.15, 0.2) is 9.84 Å². The smallest absolute Gasteiger partial charge is 0.242 e. The molecule has 0 N–H and O–H groups in total. The number of benzene rings is 3. The van der Waals surface area contributed by atoms with Gasteiger partial charge in [0, 0.05) is 5.56 Å². The number of carbonyl (C=O) groups is 1. The van der Waals surface area contributed by atoms with E-state index in [1.807, 2.05) is 78.9 Å². The van der Waals surface area contributed by atoms with Crippen LogP contribution >= 0.6 is 0 Å². The third kappa shape index (κ3) is 5.83. The summed E-state index contributed by atoms with van der Waals surface area (Å²) in [5, 5.41) is 0. The molecule has 0 heterocycles. The normalized spacial score (nSPS) is 11.0. The number of anilines is 1. The molecule has 31 heavy (non-hydrogen) atoms. The number of para-hydroxylation sites is 1. The molecule has 160 valence electrons. The lowest BCUT2D eigenvalue weighted by atomic mass is 10.0. The predicted octanol–water partition coefficient (Wildman–Crippen LogP) is 4.50. The molecule has 3 rings (SSSR count). The lowest BCUT2D eigenvalue weighted by Gasteiger charge is -2.26. The molecule has 0 spiro atoms. The maximum atomic E-state index is 13.2. The van der Waals surface area contributed by atoms with Gasteiger partial charge in [-0.15, -0.1) is 6.58 Å². The van der Waals surface area contributed by atoms with E-state index in [1.54, 1.807) is 7.11 Å². The van der Waals surface area contributed by atoms with E-state index in [-0.39, 0.29) is 12.3 Å².